The smallest absolute Gasteiger partial charge is 0.347 e. The van der Waals surface area contributed by atoms with Gasteiger partial charge in [0.15, 0.2) is 0 Å². The lowest BCUT2D eigenvalue weighted by atomic mass is 9.97. The maximum absolute atomic E-state index is 12.2. The number of H-pyrrole nitrogens is 1. The summed E-state index contributed by atoms with van der Waals surface area (Å²) in [5.41, 5.74) is 0.637. The highest BCUT2D eigenvalue weighted by Crippen LogP contribution is 2.26. The Hall–Kier alpha value is -2.08. The predicted molar refractivity (Wildman–Crippen MR) is 84.8 cm³/mol. The first-order chi connectivity index (χ1) is 10.7. The third-order valence-electron chi connectivity index (χ3n) is 4.09. The Kier molecular flexibility index (Phi) is 4.29. The molecule has 1 fully saturated rings. The highest BCUT2D eigenvalue weighted by Gasteiger charge is 2.25. The Morgan fingerprint density at radius 1 is 1.36 bits per heavy atom. The van der Waals surface area contributed by atoms with Gasteiger partial charge in [0.2, 0.25) is 0 Å². The summed E-state index contributed by atoms with van der Waals surface area (Å²) in [5.74, 6) is 1.91. The quantitative estimate of drug-likeness (QED) is 0.935. The monoisotopic (exact) mass is 302 g/mol. The van der Waals surface area contributed by atoms with E-state index in [2.05, 4.69) is 22.1 Å². The molecule has 0 amide bonds. The van der Waals surface area contributed by atoms with E-state index >= 15 is 0 Å². The van der Waals surface area contributed by atoms with Gasteiger partial charge < -0.3 is 9.64 Å². The third kappa shape index (κ3) is 2.92. The second-order valence-electron chi connectivity index (χ2n) is 5.75. The normalized spacial score (nSPS) is 19.3. The van der Waals surface area contributed by atoms with Crippen molar-refractivity contribution in [2.45, 2.75) is 25.7 Å². The Labute approximate surface area is 129 Å². The lowest BCUT2D eigenvalue weighted by Gasteiger charge is -2.29. The van der Waals surface area contributed by atoms with Crippen LogP contribution >= 0.6 is 0 Å². The van der Waals surface area contributed by atoms with Crippen LogP contribution in [-0.4, -0.2) is 46.4 Å². The van der Waals surface area contributed by atoms with Crippen molar-refractivity contribution in [1.29, 1.82) is 0 Å². The fourth-order valence-electron chi connectivity index (χ4n) is 3.07. The van der Waals surface area contributed by atoms with Gasteiger partial charge in [-0.2, -0.15) is 5.10 Å². The number of hydrogen-bond donors (Lipinski definition) is 1. The van der Waals surface area contributed by atoms with Gasteiger partial charge in [-0.3, -0.25) is 0 Å². The lowest BCUT2D eigenvalue weighted by Crippen LogP contribution is -2.32. The summed E-state index contributed by atoms with van der Waals surface area (Å²) in [5, 5.41) is 6.87. The summed E-state index contributed by atoms with van der Waals surface area (Å²) in [6, 6.07) is 7.57. The molecule has 3 rings (SSSR count). The maximum Gasteiger partial charge on any atom is 0.347 e. The van der Waals surface area contributed by atoms with E-state index in [9.17, 15) is 4.79 Å². The minimum absolute atomic E-state index is 0.188. The summed E-state index contributed by atoms with van der Waals surface area (Å²) in [6.07, 6.45) is 2.19. The van der Waals surface area contributed by atoms with E-state index in [0.717, 1.165) is 43.2 Å². The van der Waals surface area contributed by atoms with Gasteiger partial charge in [0, 0.05) is 12.5 Å². The van der Waals surface area contributed by atoms with Gasteiger partial charge in [-0.25, -0.2) is 14.5 Å². The molecule has 0 spiro atoms. The average Bonchev–Trinajstić information content (AvgIpc) is 2.90. The first-order valence-corrected chi connectivity index (χ1v) is 7.78. The molecule has 2 aromatic rings. The molecule has 1 aromatic heterocycles. The van der Waals surface area contributed by atoms with Crippen molar-refractivity contribution < 1.29 is 4.74 Å². The predicted octanol–water partition coefficient (Wildman–Crippen LogP) is 1.77. The first-order valence-electron chi connectivity index (χ1n) is 7.78. The molecule has 0 saturated carbocycles. The van der Waals surface area contributed by atoms with E-state index in [4.69, 9.17) is 4.74 Å². The van der Waals surface area contributed by atoms with Crippen LogP contribution in [0.25, 0.3) is 5.69 Å². The molecule has 0 radical (unpaired) electrons. The molecule has 1 aliphatic rings. The number of nitrogens with zero attached hydrogens (tertiary/aromatic N) is 3. The number of ether oxygens (including phenoxy) is 1. The van der Waals surface area contributed by atoms with E-state index in [1.807, 2.05) is 31.2 Å². The van der Waals surface area contributed by atoms with Crippen LogP contribution in [0.3, 0.4) is 0 Å². The number of aromatic nitrogens is 3. The number of likely N-dealkylation sites (tertiary alicyclic amines) is 1. The molecule has 6 heteroatoms. The second kappa shape index (κ2) is 6.36. The van der Waals surface area contributed by atoms with Gasteiger partial charge in [0.1, 0.15) is 11.6 Å². The summed E-state index contributed by atoms with van der Waals surface area (Å²) >= 11 is 0. The standard InChI is InChI=1S/C16H22N4O2/c1-3-22-14-8-6-13(7-9-14)20-15(17-18-16(20)21)12-5-4-10-19(2)11-12/h6-9,12H,3-5,10-11H2,1-2H3,(H,18,21)/t12-/m1/s1. The molecule has 0 bridgehead atoms. The van der Waals surface area contributed by atoms with Crippen LogP contribution in [-0.2, 0) is 0 Å². The Balaban J connectivity index is 1.93. The molecular formula is C16H22N4O2. The molecule has 1 atom stereocenters. The van der Waals surface area contributed by atoms with E-state index in [1.165, 1.54) is 0 Å². The van der Waals surface area contributed by atoms with Gasteiger partial charge in [-0.1, -0.05) is 0 Å². The number of rotatable bonds is 4. The first kappa shape index (κ1) is 14.8. The largest absolute Gasteiger partial charge is 0.494 e. The molecule has 1 aliphatic heterocycles. The van der Waals surface area contributed by atoms with Gasteiger partial charge in [0.25, 0.3) is 0 Å². The van der Waals surface area contributed by atoms with Gasteiger partial charge in [-0.05, 0) is 57.6 Å². The van der Waals surface area contributed by atoms with Crippen LogP contribution < -0.4 is 10.4 Å². The minimum Gasteiger partial charge on any atom is -0.494 e. The SMILES string of the molecule is CCOc1ccc(-n2c([C@@H]3CCCN(C)C3)n[nH]c2=O)cc1. The van der Waals surface area contributed by atoms with Crippen LogP contribution in [0.5, 0.6) is 5.75 Å². The van der Waals surface area contributed by atoms with E-state index in [0.29, 0.717) is 6.61 Å². The highest BCUT2D eigenvalue weighted by atomic mass is 16.5. The van der Waals surface area contributed by atoms with Gasteiger partial charge in [-0.15, -0.1) is 0 Å². The summed E-state index contributed by atoms with van der Waals surface area (Å²) < 4.78 is 7.13. The summed E-state index contributed by atoms with van der Waals surface area (Å²) in [6.45, 7) is 4.62. The number of nitrogens with one attached hydrogen (secondary N) is 1. The topological polar surface area (TPSA) is 63.1 Å². The van der Waals surface area contributed by atoms with E-state index < -0.39 is 0 Å². The number of likely N-dealkylation sites (N-methyl/N-ethyl adjacent to an activating group) is 1. The zero-order chi connectivity index (χ0) is 15.5. The van der Waals surface area contributed by atoms with Crippen molar-refractivity contribution in [2.75, 3.05) is 26.7 Å². The highest BCUT2D eigenvalue weighted by molar-refractivity contribution is 5.38. The minimum atomic E-state index is -0.188. The van der Waals surface area contributed by atoms with Gasteiger partial charge in [0.05, 0.1) is 12.3 Å². The molecule has 118 valence electrons. The molecule has 1 saturated heterocycles. The maximum atomic E-state index is 12.2. The fraction of sp³-hybridized carbons (Fsp3) is 0.500. The zero-order valence-corrected chi connectivity index (χ0v) is 13.1. The lowest BCUT2D eigenvalue weighted by molar-refractivity contribution is 0.244. The number of benzene rings is 1. The fourth-order valence-corrected chi connectivity index (χ4v) is 3.07. The summed E-state index contributed by atoms with van der Waals surface area (Å²) in [4.78, 5) is 14.5. The van der Waals surface area contributed by atoms with Crippen LogP contribution in [0.4, 0.5) is 0 Å². The number of aromatic amines is 1. The summed E-state index contributed by atoms with van der Waals surface area (Å²) in [7, 11) is 2.11. The third-order valence-corrected chi connectivity index (χ3v) is 4.09. The molecule has 0 aliphatic carbocycles. The zero-order valence-electron chi connectivity index (χ0n) is 13.1. The number of piperidine rings is 1. The molecule has 1 aromatic carbocycles. The van der Waals surface area contributed by atoms with E-state index in [1.54, 1.807) is 4.57 Å². The Morgan fingerprint density at radius 2 is 2.14 bits per heavy atom. The Morgan fingerprint density at radius 3 is 2.82 bits per heavy atom. The van der Waals surface area contributed by atoms with Crippen molar-refractivity contribution in [1.82, 2.24) is 19.7 Å². The molecule has 2 heterocycles. The molecular weight excluding hydrogens is 280 g/mol. The van der Waals surface area contributed by atoms with Crippen molar-refractivity contribution in [3.8, 4) is 11.4 Å². The van der Waals surface area contributed by atoms with Crippen molar-refractivity contribution >= 4 is 0 Å². The molecule has 22 heavy (non-hydrogen) atoms. The van der Waals surface area contributed by atoms with E-state index in [-0.39, 0.29) is 11.6 Å². The average molecular weight is 302 g/mol. The molecule has 0 unspecified atom stereocenters. The Bertz CT molecular complexity index is 674. The number of hydrogen-bond acceptors (Lipinski definition) is 4. The van der Waals surface area contributed by atoms with Crippen molar-refractivity contribution in [2.24, 2.45) is 0 Å². The molecule has 1 N–H and O–H groups in total. The van der Waals surface area contributed by atoms with Crippen LogP contribution in [0.1, 0.15) is 31.5 Å². The van der Waals surface area contributed by atoms with Crippen LogP contribution in [0, 0.1) is 0 Å². The van der Waals surface area contributed by atoms with Gasteiger partial charge >= 0.3 is 5.69 Å². The van der Waals surface area contributed by atoms with Crippen molar-refractivity contribution in [3.63, 3.8) is 0 Å². The van der Waals surface area contributed by atoms with Crippen LogP contribution in [0.2, 0.25) is 0 Å². The van der Waals surface area contributed by atoms with Crippen molar-refractivity contribution in [3.05, 3.63) is 40.6 Å². The molecule has 6 nitrogen and oxygen atoms in total. The second-order valence-corrected chi connectivity index (χ2v) is 5.75. The van der Waals surface area contributed by atoms with Crippen LogP contribution in [0.15, 0.2) is 29.1 Å².